The number of hydrogen-bond donors (Lipinski definition) is 2. The van der Waals surface area contributed by atoms with Gasteiger partial charge in [0.05, 0.1) is 19.1 Å². The van der Waals surface area contributed by atoms with Gasteiger partial charge in [-0.25, -0.2) is 4.39 Å². The molecule has 2 heterocycles. The van der Waals surface area contributed by atoms with Crippen LogP contribution in [0.1, 0.15) is 41.3 Å². The Morgan fingerprint density at radius 1 is 1.22 bits per heavy atom. The first-order valence-electron chi connectivity index (χ1n) is 9.51. The number of aryl methyl sites for hydroxylation is 1. The van der Waals surface area contributed by atoms with Gasteiger partial charge in [-0.05, 0) is 60.2 Å². The number of aromatic amines is 1. The predicted octanol–water partition coefficient (Wildman–Crippen LogP) is 3.98. The summed E-state index contributed by atoms with van der Waals surface area (Å²) in [6, 6.07) is 10.8. The van der Waals surface area contributed by atoms with Crippen LogP contribution in [0, 0.1) is 5.82 Å². The molecule has 2 aliphatic rings. The Morgan fingerprint density at radius 2 is 2.15 bits per heavy atom. The molecule has 0 saturated carbocycles. The first-order valence-corrected chi connectivity index (χ1v) is 9.51. The lowest BCUT2D eigenvalue weighted by Crippen LogP contribution is -2.32. The fourth-order valence-corrected chi connectivity index (χ4v) is 4.33. The minimum Gasteiger partial charge on any atom is -0.493 e. The molecule has 4 nitrogen and oxygen atoms in total. The largest absolute Gasteiger partial charge is 0.493 e. The van der Waals surface area contributed by atoms with Crippen LogP contribution in [0.4, 0.5) is 4.39 Å². The van der Waals surface area contributed by atoms with E-state index in [1.165, 1.54) is 11.6 Å². The van der Waals surface area contributed by atoms with Gasteiger partial charge in [-0.3, -0.25) is 4.79 Å². The fourth-order valence-electron chi connectivity index (χ4n) is 4.33. The molecule has 2 N–H and O–H groups in total. The molecular weight excluding hydrogens is 343 g/mol. The monoisotopic (exact) mass is 364 g/mol. The molecule has 0 bridgehead atoms. The van der Waals surface area contributed by atoms with E-state index in [4.69, 9.17) is 4.74 Å². The molecule has 1 atom stereocenters. The zero-order chi connectivity index (χ0) is 18.4. The number of amides is 1. The van der Waals surface area contributed by atoms with E-state index in [9.17, 15) is 9.18 Å². The molecule has 0 spiro atoms. The van der Waals surface area contributed by atoms with Crippen molar-refractivity contribution in [3.05, 3.63) is 64.6 Å². The number of carbonyl (C=O) groups excluding carboxylic acids is 1. The van der Waals surface area contributed by atoms with E-state index in [1.54, 1.807) is 12.1 Å². The van der Waals surface area contributed by atoms with Gasteiger partial charge in [0.2, 0.25) is 5.91 Å². The van der Waals surface area contributed by atoms with Crippen LogP contribution in [-0.4, -0.2) is 17.5 Å². The smallest absolute Gasteiger partial charge is 0.224 e. The Labute approximate surface area is 156 Å². The number of carbonyl (C=O) groups is 1. The topological polar surface area (TPSA) is 54.1 Å². The van der Waals surface area contributed by atoms with E-state index >= 15 is 0 Å². The highest BCUT2D eigenvalue weighted by Gasteiger charge is 2.26. The molecule has 0 saturated heterocycles. The van der Waals surface area contributed by atoms with Gasteiger partial charge in [-0.2, -0.15) is 0 Å². The molecule has 1 aliphatic carbocycles. The summed E-state index contributed by atoms with van der Waals surface area (Å²) in [5.41, 5.74) is 5.25. The SMILES string of the molecule is O=C(Cc1ccc2c(c1)OCC2)N[C@@H]1CCCc2c1[nH]c1ccc(F)cc21. The lowest BCUT2D eigenvalue weighted by molar-refractivity contribution is -0.121. The van der Waals surface area contributed by atoms with E-state index in [0.717, 1.165) is 65.8 Å². The summed E-state index contributed by atoms with van der Waals surface area (Å²) >= 11 is 0. The second kappa shape index (κ2) is 6.41. The molecule has 0 radical (unpaired) electrons. The van der Waals surface area contributed by atoms with Crippen molar-refractivity contribution in [1.29, 1.82) is 0 Å². The lowest BCUT2D eigenvalue weighted by Gasteiger charge is -2.24. The number of ether oxygens (including phenoxy) is 1. The van der Waals surface area contributed by atoms with E-state index in [1.807, 2.05) is 12.1 Å². The van der Waals surface area contributed by atoms with Crippen molar-refractivity contribution in [2.75, 3.05) is 6.61 Å². The Kier molecular flexibility index (Phi) is 3.88. The van der Waals surface area contributed by atoms with Gasteiger partial charge in [0.15, 0.2) is 0 Å². The second-order valence-corrected chi connectivity index (χ2v) is 7.44. The molecule has 5 heteroatoms. The molecule has 27 heavy (non-hydrogen) atoms. The molecule has 0 unspecified atom stereocenters. The highest BCUT2D eigenvalue weighted by atomic mass is 19.1. The summed E-state index contributed by atoms with van der Waals surface area (Å²) in [7, 11) is 0. The molecule has 1 amide bonds. The number of halogens is 1. The van der Waals surface area contributed by atoms with Gasteiger partial charge in [-0.1, -0.05) is 12.1 Å². The van der Waals surface area contributed by atoms with Crippen molar-refractivity contribution in [1.82, 2.24) is 10.3 Å². The van der Waals surface area contributed by atoms with Crippen LogP contribution >= 0.6 is 0 Å². The minimum absolute atomic E-state index is 0.00404. The minimum atomic E-state index is -0.228. The molecular formula is C22H21FN2O2. The zero-order valence-electron chi connectivity index (χ0n) is 15.0. The number of fused-ring (bicyclic) bond motifs is 4. The number of aromatic nitrogens is 1. The van der Waals surface area contributed by atoms with Crippen molar-refractivity contribution in [2.45, 2.75) is 38.1 Å². The van der Waals surface area contributed by atoms with Crippen LogP contribution in [0.15, 0.2) is 36.4 Å². The second-order valence-electron chi connectivity index (χ2n) is 7.44. The van der Waals surface area contributed by atoms with Crippen LogP contribution in [0.2, 0.25) is 0 Å². The van der Waals surface area contributed by atoms with E-state index in [0.29, 0.717) is 6.42 Å². The third-order valence-corrected chi connectivity index (χ3v) is 5.63. The predicted molar refractivity (Wildman–Crippen MR) is 101 cm³/mol. The van der Waals surface area contributed by atoms with Crippen molar-refractivity contribution in [3.63, 3.8) is 0 Å². The Balaban J connectivity index is 1.36. The third-order valence-electron chi connectivity index (χ3n) is 5.63. The van der Waals surface area contributed by atoms with Crippen molar-refractivity contribution >= 4 is 16.8 Å². The number of benzene rings is 2. The van der Waals surface area contributed by atoms with E-state index < -0.39 is 0 Å². The summed E-state index contributed by atoms with van der Waals surface area (Å²) in [6.45, 7) is 0.719. The highest BCUT2D eigenvalue weighted by molar-refractivity contribution is 5.86. The van der Waals surface area contributed by atoms with Crippen LogP contribution < -0.4 is 10.1 Å². The lowest BCUT2D eigenvalue weighted by atomic mass is 9.91. The van der Waals surface area contributed by atoms with Crippen LogP contribution in [0.25, 0.3) is 10.9 Å². The standard InChI is InChI=1S/C22H21FN2O2/c23-15-6-7-18-17(12-15)16-2-1-3-19(22(16)25-18)24-21(26)11-13-4-5-14-8-9-27-20(14)10-13/h4-7,10,12,19,25H,1-3,8-9,11H2,(H,24,26)/t19-/m1/s1. The highest BCUT2D eigenvalue weighted by Crippen LogP contribution is 2.35. The Hall–Kier alpha value is -2.82. The molecule has 5 rings (SSSR count). The molecule has 0 fully saturated rings. The van der Waals surface area contributed by atoms with E-state index in [-0.39, 0.29) is 17.8 Å². The summed E-state index contributed by atoms with van der Waals surface area (Å²) in [5.74, 6) is 0.669. The van der Waals surface area contributed by atoms with Gasteiger partial charge in [-0.15, -0.1) is 0 Å². The summed E-state index contributed by atoms with van der Waals surface area (Å²) in [5, 5.41) is 4.09. The maximum Gasteiger partial charge on any atom is 0.224 e. The normalized spacial score (nSPS) is 18.0. The Morgan fingerprint density at radius 3 is 3.07 bits per heavy atom. The maximum absolute atomic E-state index is 13.6. The summed E-state index contributed by atoms with van der Waals surface area (Å²) in [6.07, 6.45) is 4.05. The van der Waals surface area contributed by atoms with Gasteiger partial charge >= 0.3 is 0 Å². The molecule has 138 valence electrons. The fraction of sp³-hybridized carbons (Fsp3) is 0.318. The first-order chi connectivity index (χ1) is 13.2. The quantitative estimate of drug-likeness (QED) is 0.739. The number of hydrogen-bond acceptors (Lipinski definition) is 2. The van der Waals surface area contributed by atoms with Crippen molar-refractivity contribution < 1.29 is 13.9 Å². The van der Waals surface area contributed by atoms with Crippen molar-refractivity contribution in [3.8, 4) is 5.75 Å². The van der Waals surface area contributed by atoms with Gasteiger partial charge in [0.1, 0.15) is 11.6 Å². The number of nitrogens with one attached hydrogen (secondary N) is 2. The first kappa shape index (κ1) is 16.4. The number of H-pyrrole nitrogens is 1. The van der Waals surface area contributed by atoms with Gasteiger partial charge < -0.3 is 15.0 Å². The zero-order valence-corrected chi connectivity index (χ0v) is 15.0. The molecule has 2 aromatic carbocycles. The van der Waals surface area contributed by atoms with E-state index in [2.05, 4.69) is 16.4 Å². The summed E-state index contributed by atoms with van der Waals surface area (Å²) < 4.78 is 19.2. The molecule has 3 aromatic rings. The average Bonchev–Trinajstić information content (AvgIpc) is 3.26. The Bertz CT molecular complexity index is 1040. The average molecular weight is 364 g/mol. The van der Waals surface area contributed by atoms with Crippen LogP contribution in [-0.2, 0) is 24.1 Å². The van der Waals surface area contributed by atoms with Gasteiger partial charge in [0.25, 0.3) is 0 Å². The van der Waals surface area contributed by atoms with Gasteiger partial charge in [0, 0.05) is 23.0 Å². The van der Waals surface area contributed by atoms with Crippen LogP contribution in [0.3, 0.4) is 0 Å². The number of rotatable bonds is 3. The summed E-state index contributed by atoms with van der Waals surface area (Å²) in [4.78, 5) is 16.0. The third kappa shape index (κ3) is 2.97. The van der Waals surface area contributed by atoms with Crippen molar-refractivity contribution in [2.24, 2.45) is 0 Å². The molecule has 1 aliphatic heterocycles. The maximum atomic E-state index is 13.6. The molecule has 1 aromatic heterocycles. The van der Waals surface area contributed by atoms with Crippen LogP contribution in [0.5, 0.6) is 5.75 Å².